The molecule has 2 amide bonds. The SMILES string of the molecule is CCOc1ccc(C(=O)Nc2cc(Cl)ccc2N2CCN(C(=O)C(C)C)CC2)cc1Br. The molecule has 0 saturated carbocycles. The van der Waals surface area contributed by atoms with Crippen LogP contribution in [-0.2, 0) is 4.79 Å². The predicted molar refractivity (Wildman–Crippen MR) is 128 cm³/mol. The lowest BCUT2D eigenvalue weighted by Crippen LogP contribution is -2.50. The van der Waals surface area contributed by atoms with Crippen LogP contribution in [-0.4, -0.2) is 49.5 Å². The highest BCUT2D eigenvalue weighted by molar-refractivity contribution is 9.10. The molecule has 0 spiro atoms. The summed E-state index contributed by atoms with van der Waals surface area (Å²) in [6, 6.07) is 10.7. The maximum atomic E-state index is 12.9. The Morgan fingerprint density at radius 2 is 1.84 bits per heavy atom. The number of rotatable bonds is 6. The van der Waals surface area contributed by atoms with Crippen LogP contribution in [0.25, 0.3) is 0 Å². The molecule has 1 heterocycles. The normalized spacial score (nSPS) is 14.0. The molecule has 2 aromatic carbocycles. The third-order valence-corrected chi connectivity index (χ3v) is 5.98. The molecule has 6 nitrogen and oxygen atoms in total. The van der Waals surface area contributed by atoms with E-state index < -0.39 is 0 Å². The summed E-state index contributed by atoms with van der Waals surface area (Å²) in [5.74, 6) is 0.618. The lowest BCUT2D eigenvalue weighted by molar-refractivity contribution is -0.134. The molecular weight excluding hydrogens is 482 g/mol. The van der Waals surface area contributed by atoms with Crippen LogP contribution < -0.4 is 15.0 Å². The number of nitrogens with one attached hydrogen (secondary N) is 1. The second-order valence-corrected chi connectivity index (χ2v) is 8.95. The van der Waals surface area contributed by atoms with Gasteiger partial charge in [0.15, 0.2) is 0 Å². The van der Waals surface area contributed by atoms with Gasteiger partial charge in [-0.25, -0.2) is 0 Å². The smallest absolute Gasteiger partial charge is 0.255 e. The van der Waals surface area contributed by atoms with Crippen molar-refractivity contribution in [3.63, 3.8) is 0 Å². The maximum Gasteiger partial charge on any atom is 0.255 e. The molecule has 1 fully saturated rings. The molecule has 2 aromatic rings. The molecule has 1 aliphatic rings. The molecule has 1 saturated heterocycles. The molecule has 0 aromatic heterocycles. The van der Waals surface area contributed by atoms with E-state index in [2.05, 4.69) is 26.1 Å². The lowest BCUT2D eigenvalue weighted by Gasteiger charge is -2.37. The van der Waals surface area contributed by atoms with Crippen molar-refractivity contribution in [1.29, 1.82) is 0 Å². The van der Waals surface area contributed by atoms with E-state index >= 15 is 0 Å². The first kappa shape index (κ1) is 23.4. The summed E-state index contributed by atoms with van der Waals surface area (Å²) < 4.78 is 6.23. The van der Waals surface area contributed by atoms with E-state index in [1.54, 1.807) is 24.3 Å². The van der Waals surface area contributed by atoms with Crippen LogP contribution in [0.3, 0.4) is 0 Å². The third kappa shape index (κ3) is 5.71. The van der Waals surface area contributed by atoms with Gasteiger partial charge in [0.2, 0.25) is 5.91 Å². The molecule has 0 aliphatic carbocycles. The zero-order valence-corrected chi connectivity index (χ0v) is 20.3. The fraction of sp³-hybridized carbons (Fsp3) is 0.391. The van der Waals surface area contributed by atoms with Gasteiger partial charge in [0.1, 0.15) is 5.75 Å². The van der Waals surface area contributed by atoms with Gasteiger partial charge in [-0.3, -0.25) is 9.59 Å². The van der Waals surface area contributed by atoms with Crippen molar-refractivity contribution in [2.75, 3.05) is 43.0 Å². The predicted octanol–water partition coefficient (Wildman–Crippen LogP) is 5.06. The quantitative estimate of drug-likeness (QED) is 0.593. The number of nitrogens with zero attached hydrogens (tertiary/aromatic N) is 2. The summed E-state index contributed by atoms with van der Waals surface area (Å²) in [6.07, 6.45) is 0. The first-order chi connectivity index (χ1) is 14.8. The zero-order valence-electron chi connectivity index (χ0n) is 18.0. The molecule has 0 bridgehead atoms. The number of benzene rings is 2. The Hall–Kier alpha value is -2.25. The molecule has 0 atom stereocenters. The van der Waals surface area contributed by atoms with Crippen LogP contribution in [0, 0.1) is 5.92 Å². The molecule has 0 unspecified atom stereocenters. The maximum absolute atomic E-state index is 12.9. The first-order valence-corrected chi connectivity index (χ1v) is 11.5. The van der Waals surface area contributed by atoms with E-state index in [0.717, 1.165) is 10.2 Å². The number of piperazine rings is 1. The van der Waals surface area contributed by atoms with Crippen molar-refractivity contribution in [1.82, 2.24) is 4.90 Å². The molecule has 3 rings (SSSR count). The summed E-state index contributed by atoms with van der Waals surface area (Å²) in [4.78, 5) is 29.2. The second kappa shape index (κ2) is 10.4. The summed E-state index contributed by atoms with van der Waals surface area (Å²) in [5.41, 5.74) is 2.04. The molecule has 8 heteroatoms. The van der Waals surface area contributed by atoms with Crippen molar-refractivity contribution in [3.8, 4) is 5.75 Å². The van der Waals surface area contributed by atoms with Crippen molar-refractivity contribution < 1.29 is 14.3 Å². The fourth-order valence-corrected chi connectivity index (χ4v) is 4.19. The van der Waals surface area contributed by atoms with Crippen LogP contribution in [0.5, 0.6) is 5.75 Å². The van der Waals surface area contributed by atoms with Gasteiger partial charge in [-0.1, -0.05) is 25.4 Å². The highest BCUT2D eigenvalue weighted by Gasteiger charge is 2.24. The molecule has 0 radical (unpaired) electrons. The summed E-state index contributed by atoms with van der Waals surface area (Å²) in [7, 11) is 0. The Kier molecular flexibility index (Phi) is 7.84. The van der Waals surface area contributed by atoms with Crippen molar-refractivity contribution in [3.05, 3.63) is 51.5 Å². The van der Waals surface area contributed by atoms with E-state index in [-0.39, 0.29) is 17.7 Å². The highest BCUT2D eigenvalue weighted by Crippen LogP contribution is 2.31. The van der Waals surface area contributed by atoms with Crippen LogP contribution in [0.15, 0.2) is 40.9 Å². The van der Waals surface area contributed by atoms with E-state index in [1.165, 1.54) is 0 Å². The number of ether oxygens (including phenoxy) is 1. The van der Waals surface area contributed by atoms with Gasteiger partial charge < -0.3 is 19.9 Å². The Balaban J connectivity index is 1.76. The van der Waals surface area contributed by atoms with Crippen LogP contribution in [0.4, 0.5) is 11.4 Å². The minimum Gasteiger partial charge on any atom is -0.493 e. The monoisotopic (exact) mass is 507 g/mol. The zero-order chi connectivity index (χ0) is 22.5. The lowest BCUT2D eigenvalue weighted by atomic mass is 10.1. The van der Waals surface area contributed by atoms with Crippen LogP contribution in [0.2, 0.25) is 5.02 Å². The number of anilines is 2. The van der Waals surface area contributed by atoms with Crippen molar-refractivity contribution >= 4 is 50.7 Å². The summed E-state index contributed by atoms with van der Waals surface area (Å²) >= 11 is 9.67. The van der Waals surface area contributed by atoms with Gasteiger partial charge in [0.25, 0.3) is 5.91 Å². The molecule has 166 valence electrons. The summed E-state index contributed by atoms with van der Waals surface area (Å²) in [5, 5.41) is 3.53. The van der Waals surface area contributed by atoms with Gasteiger partial charge in [-0.05, 0) is 59.3 Å². The van der Waals surface area contributed by atoms with Gasteiger partial charge >= 0.3 is 0 Å². The number of amides is 2. The number of carbonyl (C=O) groups is 2. The van der Waals surface area contributed by atoms with E-state index in [1.807, 2.05) is 37.8 Å². The van der Waals surface area contributed by atoms with E-state index in [4.69, 9.17) is 16.3 Å². The number of carbonyl (C=O) groups excluding carboxylic acids is 2. The standard InChI is InChI=1S/C23H27BrClN3O3/c1-4-31-21-8-5-16(13-18(21)24)22(29)26-19-14-17(25)6-7-20(19)27-9-11-28(12-10-27)23(30)15(2)3/h5-8,13-15H,4,9-12H2,1-3H3,(H,26,29). The first-order valence-electron chi connectivity index (χ1n) is 10.4. The van der Waals surface area contributed by atoms with Gasteiger partial charge in [-0.2, -0.15) is 0 Å². The molecule has 31 heavy (non-hydrogen) atoms. The molecule has 1 N–H and O–H groups in total. The second-order valence-electron chi connectivity index (χ2n) is 7.66. The average molecular weight is 509 g/mol. The number of hydrogen-bond donors (Lipinski definition) is 1. The third-order valence-electron chi connectivity index (χ3n) is 5.13. The Morgan fingerprint density at radius 1 is 1.13 bits per heavy atom. The van der Waals surface area contributed by atoms with Gasteiger partial charge in [0.05, 0.1) is 22.5 Å². The highest BCUT2D eigenvalue weighted by atomic mass is 79.9. The van der Waals surface area contributed by atoms with Gasteiger partial charge in [0, 0.05) is 42.7 Å². The fourth-order valence-electron chi connectivity index (χ4n) is 3.53. The van der Waals surface area contributed by atoms with Crippen molar-refractivity contribution in [2.45, 2.75) is 20.8 Å². The topological polar surface area (TPSA) is 61.9 Å². The Labute approximate surface area is 196 Å². The van der Waals surface area contributed by atoms with E-state index in [0.29, 0.717) is 54.8 Å². The Bertz CT molecular complexity index is 959. The minimum absolute atomic E-state index is 0.00892. The van der Waals surface area contributed by atoms with E-state index in [9.17, 15) is 9.59 Å². The number of hydrogen-bond acceptors (Lipinski definition) is 4. The van der Waals surface area contributed by atoms with Crippen LogP contribution in [0.1, 0.15) is 31.1 Å². The average Bonchev–Trinajstić information content (AvgIpc) is 2.75. The minimum atomic E-state index is -0.235. The Morgan fingerprint density at radius 3 is 2.45 bits per heavy atom. The largest absolute Gasteiger partial charge is 0.493 e. The summed E-state index contributed by atoms with van der Waals surface area (Å²) in [6.45, 7) is 8.98. The number of halogens is 2. The van der Waals surface area contributed by atoms with Crippen molar-refractivity contribution in [2.24, 2.45) is 5.92 Å². The van der Waals surface area contributed by atoms with Gasteiger partial charge in [-0.15, -0.1) is 0 Å². The molecular formula is C23H27BrClN3O3. The van der Waals surface area contributed by atoms with Crippen LogP contribution >= 0.6 is 27.5 Å². The molecule has 1 aliphatic heterocycles.